The summed E-state index contributed by atoms with van der Waals surface area (Å²) in [7, 11) is 6.25. The number of hydrogen-bond donors (Lipinski definition) is 6. The molecule has 2 aromatic carbocycles. The number of hydrogen-bond acceptors (Lipinski definition) is 18. The number of carboxylic acid groups (broad SMARTS) is 1. The van der Waals surface area contributed by atoms with Crippen LogP contribution in [0.15, 0.2) is 54.6 Å². The molecule has 0 aromatic heterocycles. The molecule has 12 atom stereocenters. The second-order valence-corrected chi connectivity index (χ2v) is 33.1. The molecule has 27 heteroatoms. The maximum Gasteiger partial charge on any atom is 0.410 e. The van der Waals surface area contributed by atoms with Crippen molar-refractivity contribution in [2.45, 2.75) is 272 Å². The van der Waals surface area contributed by atoms with Crippen molar-refractivity contribution < 1.29 is 81.6 Å². The summed E-state index contributed by atoms with van der Waals surface area (Å²) in [5.74, 6) is -4.43. The number of nitrogens with one attached hydrogen (secondary N) is 3. The number of thioether (sulfide) groups is 1. The summed E-state index contributed by atoms with van der Waals surface area (Å²) in [6.07, 6.45) is 10.5. The van der Waals surface area contributed by atoms with Crippen LogP contribution in [0.5, 0.6) is 0 Å². The number of rotatable bonds is 54. The first-order valence-electron chi connectivity index (χ1n) is 40.8. The zero-order valence-corrected chi connectivity index (χ0v) is 70.7. The maximum atomic E-state index is 14.6. The number of likely N-dealkylation sites (tertiary alicyclic amines) is 2. The molecule has 0 bridgehead atoms. The third-order valence-electron chi connectivity index (χ3n) is 21.6. The Labute approximate surface area is 671 Å². The van der Waals surface area contributed by atoms with Crippen molar-refractivity contribution in [2.75, 3.05) is 66.8 Å². The largest absolute Gasteiger partial charge is 0.481 e. The fourth-order valence-corrected chi connectivity index (χ4v) is 16.1. The zero-order valence-electron chi connectivity index (χ0n) is 69.9. The highest BCUT2D eigenvalue weighted by molar-refractivity contribution is 8.00. The SMILES string of the molecule is CC(C)[C@H](NC(=O)CCCCCN1C(=O)CC(SCCCCCC(=O)NCCCCCN)C1=O)C(=O)C[C@H](C)CCCNC(N)=O.CC[C@H](C)[C@@H]([C@@H](CC(=O)N1CCC[C@H]1[C@H](OC)[C@@H](C)C(=O)C[C@@H](Cc1ccccc1)C(=O)O)OC)N(C)C(=O)[C@@H](CC(=O)[C@H](C(C)C)N(C)C(=O)OCc1ccc(CC(C)=O)cc1)C(C)C. The predicted octanol–water partition coefficient (Wildman–Crippen LogP) is 10.9. The van der Waals surface area contributed by atoms with Crippen LogP contribution in [0.4, 0.5) is 9.59 Å². The van der Waals surface area contributed by atoms with Crippen LogP contribution in [0.3, 0.4) is 0 Å². The van der Waals surface area contributed by atoms with Gasteiger partial charge < -0.3 is 61.4 Å². The number of nitrogens with zero attached hydrogens (tertiary/aromatic N) is 4. The van der Waals surface area contributed by atoms with Crippen LogP contribution in [0, 0.1) is 47.3 Å². The average Bonchev–Trinajstić information content (AvgIpc) is 1.73. The van der Waals surface area contributed by atoms with Gasteiger partial charge in [0.25, 0.3) is 0 Å². The first-order valence-corrected chi connectivity index (χ1v) is 41.9. The van der Waals surface area contributed by atoms with Crippen LogP contribution in [0.2, 0.25) is 0 Å². The van der Waals surface area contributed by atoms with E-state index in [0.29, 0.717) is 90.5 Å². The smallest absolute Gasteiger partial charge is 0.410 e. The molecule has 2 aromatic rings. The number of unbranched alkanes of at least 4 members (excludes halogenated alkanes) is 6. The molecule has 8 N–H and O–H groups in total. The summed E-state index contributed by atoms with van der Waals surface area (Å²) >= 11 is 1.52. The van der Waals surface area contributed by atoms with Gasteiger partial charge in [-0.25, -0.2) is 9.59 Å². The summed E-state index contributed by atoms with van der Waals surface area (Å²) in [5, 5.41) is 18.0. The molecule has 4 rings (SSSR count). The van der Waals surface area contributed by atoms with E-state index in [0.717, 1.165) is 73.8 Å². The van der Waals surface area contributed by atoms with Gasteiger partial charge in [0.05, 0.1) is 54.0 Å². The van der Waals surface area contributed by atoms with E-state index >= 15 is 0 Å². The Morgan fingerprint density at radius 1 is 0.679 bits per heavy atom. The number of imide groups is 1. The Balaban J connectivity index is 0.000000620. The van der Waals surface area contributed by atoms with Gasteiger partial charge >= 0.3 is 18.1 Å². The van der Waals surface area contributed by atoms with E-state index in [-0.39, 0.29) is 139 Å². The molecule has 0 saturated carbocycles. The van der Waals surface area contributed by atoms with E-state index < -0.39 is 72.2 Å². The molecule has 630 valence electrons. The van der Waals surface area contributed by atoms with E-state index in [1.807, 2.05) is 105 Å². The van der Waals surface area contributed by atoms with Crippen LogP contribution in [-0.2, 0) is 86.4 Å². The second kappa shape index (κ2) is 52.7. The number of likely N-dealkylation sites (N-methyl/N-ethyl adjacent to an activating group) is 2. The molecule has 0 radical (unpaired) electrons. The van der Waals surface area contributed by atoms with Gasteiger partial charge in [-0.3, -0.25) is 57.6 Å². The fourth-order valence-electron chi connectivity index (χ4n) is 15.0. The highest BCUT2D eigenvalue weighted by Gasteiger charge is 2.45. The number of ether oxygens (including phenoxy) is 3. The fraction of sp³-hybridized carbons (Fsp3) is 0.706. The van der Waals surface area contributed by atoms with Crippen molar-refractivity contribution in [1.29, 1.82) is 0 Å². The van der Waals surface area contributed by atoms with Gasteiger partial charge in [-0.15, -0.1) is 11.8 Å². The minimum Gasteiger partial charge on any atom is -0.481 e. The van der Waals surface area contributed by atoms with Crippen molar-refractivity contribution in [3.63, 3.8) is 0 Å². The predicted molar refractivity (Wildman–Crippen MR) is 435 cm³/mol. The normalized spacial score (nSPS) is 16.9. The molecule has 1 unspecified atom stereocenters. The van der Waals surface area contributed by atoms with E-state index in [1.54, 1.807) is 35.9 Å². The number of ketones is 4. The number of amides is 9. The molecular weight excluding hydrogens is 1450 g/mol. The number of primary amides is 1. The standard InChI is InChI=1S/C52H77N3O11.C33H60N6O6S/c1-13-34(6)48(45(64-11)30-46(59)55-25-17-20-42(55)49(65-12)36(8)43(57)28-40(51(61)62)27-37-18-15-14-16-19-37)53(9)50(60)41(32(2)3)29-44(58)47(33(4)5)54(10)52(63)66-31-39-23-21-38(22-24-39)26-35(7)56;1-24(2)31(26(40)22-25(3)14-13-19-37-33(35)45)38-29(42)16-7-4-11-20-39-30(43)23-27(32(39)44)46-21-12-5-8-15-28(41)36-18-10-6-9-17-34/h14-16,18-19,21-24,32-34,36,40-42,45,47-49H,13,17,20,25-31H2,1-12H3,(H,61,62);24-25,27,31H,4-23,34H2,1-3H3,(H,36,41)(H,38,42)(H3,35,37,45)/t34-,36-,40+,41-,42-,45+,47-,48-,49+;25-,27?,31+/m01/s1. The molecular formula is C85H137N9O17S. The first-order chi connectivity index (χ1) is 53.1. The number of carboxylic acids is 1. The van der Waals surface area contributed by atoms with E-state index in [1.165, 1.54) is 49.8 Å². The summed E-state index contributed by atoms with van der Waals surface area (Å²) in [5.41, 5.74) is 13.0. The van der Waals surface area contributed by atoms with E-state index in [2.05, 4.69) is 16.0 Å². The van der Waals surface area contributed by atoms with Crippen LogP contribution in [0.1, 0.15) is 228 Å². The van der Waals surface area contributed by atoms with Crippen LogP contribution >= 0.6 is 11.8 Å². The second-order valence-electron chi connectivity index (χ2n) is 31.8. The first kappa shape index (κ1) is 98.6. The van der Waals surface area contributed by atoms with Gasteiger partial charge in [0.2, 0.25) is 35.4 Å². The molecule has 9 amide bonds. The van der Waals surface area contributed by atoms with Gasteiger partial charge in [0, 0.05) is 111 Å². The van der Waals surface area contributed by atoms with Crippen molar-refractivity contribution in [2.24, 2.45) is 58.8 Å². The number of Topliss-reactive ketones (excluding diaryl/α,β-unsaturated/α-hetero) is 4. The molecule has 0 spiro atoms. The van der Waals surface area contributed by atoms with Gasteiger partial charge in [-0.05, 0) is 136 Å². The van der Waals surface area contributed by atoms with Crippen LogP contribution < -0.4 is 27.4 Å². The number of carbonyl (C=O) groups is 13. The molecule has 2 saturated heterocycles. The van der Waals surface area contributed by atoms with Gasteiger partial charge in [0.15, 0.2) is 11.6 Å². The number of aliphatic carboxylic acids is 1. The molecule has 2 aliphatic rings. The minimum absolute atomic E-state index is 0.00453. The number of nitrogens with two attached hydrogens (primary N) is 2. The van der Waals surface area contributed by atoms with E-state index in [4.69, 9.17) is 25.7 Å². The van der Waals surface area contributed by atoms with Crippen molar-refractivity contribution in [3.05, 3.63) is 71.3 Å². The Bertz CT molecular complexity index is 3290. The van der Waals surface area contributed by atoms with Crippen LogP contribution in [0.25, 0.3) is 0 Å². The maximum absolute atomic E-state index is 14.6. The summed E-state index contributed by atoms with van der Waals surface area (Å²) in [6, 6.07) is 13.5. The number of urea groups is 1. The minimum atomic E-state index is -1.05. The molecule has 2 fully saturated rings. The van der Waals surface area contributed by atoms with Gasteiger partial charge in [-0.2, -0.15) is 0 Å². The lowest BCUT2D eigenvalue weighted by Crippen LogP contribution is -2.54. The Morgan fingerprint density at radius 2 is 1.31 bits per heavy atom. The number of carbonyl (C=O) groups excluding carboxylic acids is 12. The lowest BCUT2D eigenvalue weighted by atomic mass is 9.83. The number of methoxy groups -OCH3 is 2. The summed E-state index contributed by atoms with van der Waals surface area (Å²) < 4.78 is 17.6. The Kier molecular flexibility index (Phi) is 46.4. The monoisotopic (exact) mass is 1590 g/mol. The molecule has 112 heavy (non-hydrogen) atoms. The Morgan fingerprint density at radius 3 is 1.90 bits per heavy atom. The summed E-state index contributed by atoms with van der Waals surface area (Å²) in [6.45, 7) is 23.2. The molecule has 26 nitrogen and oxygen atoms in total. The zero-order chi connectivity index (χ0) is 83.7. The van der Waals surface area contributed by atoms with Gasteiger partial charge in [0.1, 0.15) is 18.2 Å². The van der Waals surface area contributed by atoms with Gasteiger partial charge in [-0.1, -0.05) is 150 Å². The molecule has 2 aliphatic heterocycles. The lowest BCUT2D eigenvalue weighted by Gasteiger charge is -2.41. The average molecular weight is 1590 g/mol. The van der Waals surface area contributed by atoms with Crippen molar-refractivity contribution in [3.8, 4) is 0 Å². The summed E-state index contributed by atoms with van der Waals surface area (Å²) in [4.78, 5) is 173. The third-order valence-corrected chi connectivity index (χ3v) is 22.9. The van der Waals surface area contributed by atoms with Crippen molar-refractivity contribution >= 4 is 88.4 Å². The Hall–Kier alpha value is -7.62. The highest BCUT2D eigenvalue weighted by Crippen LogP contribution is 2.33. The highest BCUT2D eigenvalue weighted by atomic mass is 32.2. The topological polar surface area (TPSA) is 371 Å². The third kappa shape index (κ3) is 34.6. The number of benzene rings is 2. The van der Waals surface area contributed by atoms with Crippen molar-refractivity contribution in [1.82, 2.24) is 35.6 Å². The molecule has 2 heterocycles. The van der Waals surface area contributed by atoms with Crippen LogP contribution in [-0.4, -0.2) is 210 Å². The van der Waals surface area contributed by atoms with E-state index in [9.17, 15) is 67.4 Å². The lowest BCUT2D eigenvalue weighted by molar-refractivity contribution is -0.149. The molecule has 0 aliphatic carbocycles. The quantitative estimate of drug-likeness (QED) is 0.0265.